The first-order chi connectivity index (χ1) is 10.00. The third-order valence-corrected chi connectivity index (χ3v) is 3.15. The molecule has 1 fully saturated rings. The second kappa shape index (κ2) is 6.78. The van der Waals surface area contributed by atoms with Gasteiger partial charge in [-0.2, -0.15) is 0 Å². The lowest BCUT2D eigenvalue weighted by Crippen LogP contribution is -2.52. The summed E-state index contributed by atoms with van der Waals surface area (Å²) in [5, 5.41) is 5.92. The Morgan fingerprint density at radius 2 is 2.24 bits per heavy atom. The number of morpholine rings is 1. The zero-order chi connectivity index (χ0) is 15.3. The molecule has 1 unspecified atom stereocenters. The summed E-state index contributed by atoms with van der Waals surface area (Å²) >= 11 is 0. The molecular weight excluding hydrogens is 272 g/mol. The van der Waals surface area contributed by atoms with Crippen molar-refractivity contribution in [1.29, 1.82) is 0 Å². The molecule has 21 heavy (non-hydrogen) atoms. The fourth-order valence-corrected chi connectivity index (χ4v) is 2.22. The van der Waals surface area contributed by atoms with E-state index in [4.69, 9.17) is 14.2 Å². The minimum atomic E-state index is -0.522. The fourth-order valence-electron chi connectivity index (χ4n) is 2.22. The maximum atomic E-state index is 11.8. The van der Waals surface area contributed by atoms with Crippen LogP contribution in [0.15, 0.2) is 24.3 Å². The molecule has 0 radical (unpaired) electrons. The summed E-state index contributed by atoms with van der Waals surface area (Å²) in [7, 11) is 1.55. The van der Waals surface area contributed by atoms with Crippen LogP contribution in [0, 0.1) is 0 Å². The Balaban J connectivity index is 1.82. The Labute approximate surface area is 124 Å². The summed E-state index contributed by atoms with van der Waals surface area (Å²) in [4.78, 5) is 11.8. The first kappa shape index (κ1) is 15.6. The maximum absolute atomic E-state index is 11.8. The first-order valence-corrected chi connectivity index (χ1v) is 6.95. The Hall–Kier alpha value is -1.79. The molecule has 0 aromatic heterocycles. The number of amides is 1. The summed E-state index contributed by atoms with van der Waals surface area (Å²) < 4.78 is 16.2. The average Bonchev–Trinajstić information content (AvgIpc) is 2.45. The van der Waals surface area contributed by atoms with Crippen molar-refractivity contribution in [3.05, 3.63) is 24.3 Å². The molecule has 2 rings (SSSR count). The van der Waals surface area contributed by atoms with Crippen LogP contribution in [0.25, 0.3) is 0 Å². The number of methoxy groups -OCH3 is 1. The van der Waals surface area contributed by atoms with Crippen LogP contribution in [0.4, 0.5) is 10.5 Å². The number of carbonyl (C=O) groups is 1. The van der Waals surface area contributed by atoms with Gasteiger partial charge in [-0.3, -0.25) is 5.32 Å². The number of benzene rings is 1. The van der Waals surface area contributed by atoms with E-state index in [1.807, 2.05) is 26.0 Å². The van der Waals surface area contributed by atoms with Crippen molar-refractivity contribution in [2.45, 2.75) is 25.6 Å². The second-order valence-electron chi connectivity index (χ2n) is 5.55. The summed E-state index contributed by atoms with van der Waals surface area (Å²) in [6.45, 7) is 5.67. The number of hydrogen-bond acceptors (Lipinski definition) is 5. The zero-order valence-electron chi connectivity index (χ0n) is 12.6. The van der Waals surface area contributed by atoms with Crippen LogP contribution in [0.3, 0.4) is 0 Å². The van der Waals surface area contributed by atoms with Gasteiger partial charge in [0.1, 0.15) is 18.5 Å². The van der Waals surface area contributed by atoms with E-state index in [9.17, 15) is 4.79 Å². The summed E-state index contributed by atoms with van der Waals surface area (Å²) in [5.74, 6) is 0.589. The largest absolute Gasteiger partial charge is 0.495 e. The Bertz CT molecular complexity index is 490. The van der Waals surface area contributed by atoms with Crippen LogP contribution in [-0.4, -0.2) is 44.6 Å². The van der Waals surface area contributed by atoms with Crippen molar-refractivity contribution in [3.63, 3.8) is 0 Å². The minimum absolute atomic E-state index is 0.142. The highest BCUT2D eigenvalue weighted by Gasteiger charge is 2.29. The first-order valence-electron chi connectivity index (χ1n) is 6.95. The molecule has 0 spiro atoms. The Kier molecular flexibility index (Phi) is 5.03. The minimum Gasteiger partial charge on any atom is -0.495 e. The molecule has 1 aromatic carbocycles. The quantitative estimate of drug-likeness (QED) is 0.889. The van der Waals surface area contributed by atoms with Crippen LogP contribution >= 0.6 is 0 Å². The molecular formula is C15H22N2O4. The van der Waals surface area contributed by atoms with Gasteiger partial charge in [0.15, 0.2) is 0 Å². The highest BCUT2D eigenvalue weighted by Crippen LogP contribution is 2.23. The van der Waals surface area contributed by atoms with E-state index in [2.05, 4.69) is 10.6 Å². The lowest BCUT2D eigenvalue weighted by atomic mass is 10.1. The summed E-state index contributed by atoms with van der Waals surface area (Å²) in [6.07, 6.45) is -0.663. The van der Waals surface area contributed by atoms with Gasteiger partial charge in [-0.05, 0) is 26.0 Å². The predicted octanol–water partition coefficient (Wildman–Crippen LogP) is 2.01. The third-order valence-electron chi connectivity index (χ3n) is 3.15. The van der Waals surface area contributed by atoms with Crippen molar-refractivity contribution in [2.75, 3.05) is 32.1 Å². The zero-order valence-corrected chi connectivity index (χ0v) is 12.6. The van der Waals surface area contributed by atoms with Crippen LogP contribution in [-0.2, 0) is 9.47 Å². The number of ether oxygens (including phenoxy) is 3. The molecule has 1 aromatic rings. The highest BCUT2D eigenvalue weighted by atomic mass is 16.6. The molecule has 116 valence electrons. The summed E-state index contributed by atoms with van der Waals surface area (Å²) in [5.41, 5.74) is 0.332. The molecule has 1 amide bonds. The number of rotatable bonds is 4. The Morgan fingerprint density at radius 1 is 1.48 bits per heavy atom. The van der Waals surface area contributed by atoms with Crippen molar-refractivity contribution in [2.24, 2.45) is 0 Å². The normalized spacial score (nSPS) is 20.6. The molecule has 6 nitrogen and oxygen atoms in total. The molecule has 0 aliphatic carbocycles. The smallest absolute Gasteiger partial charge is 0.411 e. The average molecular weight is 294 g/mol. The van der Waals surface area contributed by atoms with Gasteiger partial charge in [0, 0.05) is 13.1 Å². The van der Waals surface area contributed by atoms with Gasteiger partial charge < -0.3 is 19.5 Å². The predicted molar refractivity (Wildman–Crippen MR) is 79.8 cm³/mol. The van der Waals surface area contributed by atoms with Gasteiger partial charge in [0.05, 0.1) is 18.4 Å². The molecule has 0 bridgehead atoms. The number of carbonyl (C=O) groups excluding carboxylic acids is 1. The van der Waals surface area contributed by atoms with Crippen LogP contribution < -0.4 is 15.4 Å². The van der Waals surface area contributed by atoms with Crippen molar-refractivity contribution < 1.29 is 19.0 Å². The number of nitrogens with one attached hydrogen (secondary N) is 2. The molecule has 6 heteroatoms. The number of hydrogen-bond donors (Lipinski definition) is 2. The standard InChI is InChI=1S/C15H22N2O4/c1-15(2)10-16-8-11(21-15)9-20-14(18)17-12-6-4-5-7-13(12)19-3/h4-7,11,16H,8-10H2,1-3H3,(H,17,18). The van der Waals surface area contributed by atoms with E-state index in [1.165, 1.54) is 0 Å². The molecule has 1 aliphatic heterocycles. The van der Waals surface area contributed by atoms with Gasteiger partial charge in [0.2, 0.25) is 0 Å². The highest BCUT2D eigenvalue weighted by molar-refractivity contribution is 5.86. The lowest BCUT2D eigenvalue weighted by molar-refractivity contribution is -0.110. The van der Waals surface area contributed by atoms with Crippen molar-refractivity contribution in [1.82, 2.24) is 5.32 Å². The third kappa shape index (κ3) is 4.61. The van der Waals surface area contributed by atoms with Crippen LogP contribution in [0.1, 0.15) is 13.8 Å². The summed E-state index contributed by atoms with van der Waals surface area (Å²) in [6, 6.07) is 7.17. The van der Waals surface area contributed by atoms with E-state index >= 15 is 0 Å². The van der Waals surface area contributed by atoms with Gasteiger partial charge in [-0.1, -0.05) is 12.1 Å². The van der Waals surface area contributed by atoms with E-state index in [0.29, 0.717) is 18.0 Å². The van der Waals surface area contributed by atoms with Crippen LogP contribution in [0.2, 0.25) is 0 Å². The topological polar surface area (TPSA) is 68.8 Å². The van der Waals surface area contributed by atoms with Crippen LogP contribution in [0.5, 0.6) is 5.75 Å². The molecule has 0 saturated carbocycles. The maximum Gasteiger partial charge on any atom is 0.411 e. The van der Waals surface area contributed by atoms with Gasteiger partial charge in [0.25, 0.3) is 0 Å². The Morgan fingerprint density at radius 3 is 2.95 bits per heavy atom. The van der Waals surface area contributed by atoms with Gasteiger partial charge in [-0.15, -0.1) is 0 Å². The van der Waals surface area contributed by atoms with Gasteiger partial charge >= 0.3 is 6.09 Å². The number of para-hydroxylation sites is 2. The monoisotopic (exact) mass is 294 g/mol. The number of anilines is 1. The van der Waals surface area contributed by atoms with E-state index in [1.54, 1.807) is 19.2 Å². The molecule has 2 N–H and O–H groups in total. The molecule has 1 heterocycles. The van der Waals surface area contributed by atoms with Crippen molar-refractivity contribution in [3.8, 4) is 5.75 Å². The molecule has 1 aliphatic rings. The van der Waals surface area contributed by atoms with Gasteiger partial charge in [-0.25, -0.2) is 4.79 Å². The second-order valence-corrected chi connectivity index (χ2v) is 5.55. The van der Waals surface area contributed by atoms with E-state index in [0.717, 1.165) is 6.54 Å². The fraction of sp³-hybridized carbons (Fsp3) is 0.533. The molecule has 1 atom stereocenters. The lowest BCUT2D eigenvalue weighted by Gasteiger charge is -2.36. The van der Waals surface area contributed by atoms with E-state index < -0.39 is 6.09 Å². The van der Waals surface area contributed by atoms with Crippen molar-refractivity contribution >= 4 is 11.8 Å². The SMILES string of the molecule is COc1ccccc1NC(=O)OCC1CNCC(C)(C)O1. The van der Waals surface area contributed by atoms with E-state index in [-0.39, 0.29) is 18.3 Å². The molecule has 1 saturated heterocycles.